The molecule has 0 fully saturated rings. The SMILES string of the molecule is CCN(C(=O)Cn1cc(CCO)c(C(F)(F)F)n1)c1ccccc1. The van der Waals surface area contributed by atoms with Gasteiger partial charge in [0.25, 0.3) is 0 Å². The minimum absolute atomic E-state index is 0.124. The Balaban J connectivity index is 2.22. The lowest BCUT2D eigenvalue weighted by atomic mass is 10.2. The fourth-order valence-electron chi connectivity index (χ4n) is 2.42. The smallest absolute Gasteiger partial charge is 0.396 e. The summed E-state index contributed by atoms with van der Waals surface area (Å²) in [5.41, 5.74) is -0.517. The number of alkyl halides is 3. The van der Waals surface area contributed by atoms with E-state index < -0.39 is 18.5 Å². The molecular weight excluding hydrogens is 323 g/mol. The second-order valence-electron chi connectivity index (χ2n) is 5.15. The first-order valence-electron chi connectivity index (χ1n) is 7.46. The van der Waals surface area contributed by atoms with Gasteiger partial charge in [-0.3, -0.25) is 9.48 Å². The van der Waals surface area contributed by atoms with Crippen LogP contribution in [0.2, 0.25) is 0 Å². The fourth-order valence-corrected chi connectivity index (χ4v) is 2.42. The summed E-state index contributed by atoms with van der Waals surface area (Å²) < 4.78 is 39.9. The van der Waals surface area contributed by atoms with Crippen LogP contribution < -0.4 is 4.90 Å². The third-order valence-corrected chi connectivity index (χ3v) is 3.47. The summed E-state index contributed by atoms with van der Waals surface area (Å²) in [6.45, 7) is 1.44. The van der Waals surface area contributed by atoms with Crippen LogP contribution in [0.3, 0.4) is 0 Å². The van der Waals surface area contributed by atoms with Gasteiger partial charge in [-0.05, 0) is 25.5 Å². The number of halogens is 3. The predicted octanol–water partition coefficient (Wildman–Crippen LogP) is 2.49. The van der Waals surface area contributed by atoms with Crippen LogP contribution in [0.25, 0.3) is 0 Å². The number of hydrogen-bond donors (Lipinski definition) is 1. The van der Waals surface area contributed by atoms with Gasteiger partial charge in [-0.25, -0.2) is 0 Å². The van der Waals surface area contributed by atoms with Crippen molar-refractivity contribution in [3.63, 3.8) is 0 Å². The lowest BCUT2D eigenvalue weighted by molar-refractivity contribution is -0.142. The summed E-state index contributed by atoms with van der Waals surface area (Å²) in [7, 11) is 0. The number of nitrogens with zero attached hydrogens (tertiary/aromatic N) is 3. The molecule has 5 nitrogen and oxygen atoms in total. The van der Waals surface area contributed by atoms with Crippen molar-refractivity contribution in [1.82, 2.24) is 9.78 Å². The maximum absolute atomic E-state index is 13.0. The van der Waals surface area contributed by atoms with Crippen LogP contribution >= 0.6 is 0 Å². The maximum atomic E-state index is 13.0. The second kappa shape index (κ2) is 7.48. The minimum atomic E-state index is -4.62. The van der Waals surface area contributed by atoms with Crippen LogP contribution in [0.1, 0.15) is 18.2 Å². The van der Waals surface area contributed by atoms with E-state index >= 15 is 0 Å². The molecule has 2 aromatic rings. The van der Waals surface area contributed by atoms with Crippen molar-refractivity contribution < 1.29 is 23.1 Å². The van der Waals surface area contributed by atoms with Gasteiger partial charge in [0.2, 0.25) is 5.91 Å². The van der Waals surface area contributed by atoms with Crippen LogP contribution in [0.4, 0.5) is 18.9 Å². The van der Waals surface area contributed by atoms with Crippen LogP contribution in [0, 0.1) is 0 Å². The number of carbonyl (C=O) groups is 1. The van der Waals surface area contributed by atoms with Crippen LogP contribution in [0.15, 0.2) is 36.5 Å². The molecule has 0 aliphatic rings. The first kappa shape index (κ1) is 18.0. The lowest BCUT2D eigenvalue weighted by Crippen LogP contribution is -2.33. The molecule has 0 spiro atoms. The highest BCUT2D eigenvalue weighted by molar-refractivity contribution is 5.93. The van der Waals surface area contributed by atoms with Gasteiger partial charge in [0.15, 0.2) is 5.69 Å². The molecule has 0 aliphatic heterocycles. The number of carbonyl (C=O) groups excluding carboxylic acids is 1. The van der Waals surface area contributed by atoms with Crippen LogP contribution in [-0.4, -0.2) is 33.9 Å². The molecule has 8 heteroatoms. The standard InChI is InChI=1S/C16H18F3N3O2/c1-2-22(13-6-4-3-5-7-13)14(24)11-21-10-12(8-9-23)15(20-21)16(17,18)19/h3-7,10,23H,2,8-9,11H2,1H3. The van der Waals surface area contributed by atoms with Crippen molar-refractivity contribution in [3.05, 3.63) is 47.8 Å². The van der Waals surface area contributed by atoms with Crippen molar-refractivity contribution in [2.24, 2.45) is 0 Å². The average Bonchev–Trinajstić information content (AvgIpc) is 2.92. The molecule has 2 rings (SSSR count). The third-order valence-electron chi connectivity index (χ3n) is 3.47. The number of para-hydroxylation sites is 1. The number of aromatic nitrogens is 2. The van der Waals surface area contributed by atoms with Gasteiger partial charge in [0, 0.05) is 30.6 Å². The van der Waals surface area contributed by atoms with E-state index in [1.54, 1.807) is 31.2 Å². The van der Waals surface area contributed by atoms with Gasteiger partial charge < -0.3 is 10.0 Å². The molecule has 0 saturated heterocycles. The number of anilines is 1. The number of hydrogen-bond acceptors (Lipinski definition) is 3. The van der Waals surface area contributed by atoms with E-state index in [0.29, 0.717) is 12.2 Å². The van der Waals surface area contributed by atoms with E-state index in [9.17, 15) is 18.0 Å². The minimum Gasteiger partial charge on any atom is -0.396 e. The Morgan fingerprint density at radius 3 is 2.50 bits per heavy atom. The van der Waals surface area contributed by atoms with E-state index in [1.807, 2.05) is 6.07 Å². The third kappa shape index (κ3) is 4.14. The van der Waals surface area contributed by atoms with E-state index in [1.165, 1.54) is 4.90 Å². The molecular formula is C16H18F3N3O2. The first-order chi connectivity index (χ1) is 11.4. The van der Waals surface area contributed by atoms with Crippen molar-refractivity contribution >= 4 is 11.6 Å². The summed E-state index contributed by atoms with van der Waals surface area (Å²) in [5, 5.41) is 12.4. The molecule has 1 amide bonds. The highest BCUT2D eigenvalue weighted by Gasteiger charge is 2.37. The molecule has 0 aliphatic carbocycles. The van der Waals surface area contributed by atoms with Gasteiger partial charge in [-0.15, -0.1) is 0 Å². The summed E-state index contributed by atoms with van der Waals surface area (Å²) in [6, 6.07) is 8.87. The Kier molecular flexibility index (Phi) is 5.61. The molecule has 0 unspecified atom stereocenters. The van der Waals surface area contributed by atoms with E-state index in [0.717, 1.165) is 10.9 Å². The zero-order chi connectivity index (χ0) is 17.7. The van der Waals surface area contributed by atoms with Crippen molar-refractivity contribution in [3.8, 4) is 0 Å². The highest BCUT2D eigenvalue weighted by Crippen LogP contribution is 2.31. The van der Waals surface area contributed by atoms with Crippen molar-refractivity contribution in [1.29, 1.82) is 0 Å². The lowest BCUT2D eigenvalue weighted by Gasteiger charge is -2.20. The van der Waals surface area contributed by atoms with Gasteiger partial charge >= 0.3 is 6.18 Å². The molecule has 130 valence electrons. The van der Waals surface area contributed by atoms with Crippen LogP contribution in [0.5, 0.6) is 0 Å². The number of amides is 1. The summed E-state index contributed by atoms with van der Waals surface area (Å²) in [4.78, 5) is 13.9. The maximum Gasteiger partial charge on any atom is 0.435 e. The van der Waals surface area contributed by atoms with Gasteiger partial charge in [0.1, 0.15) is 6.54 Å². The Hall–Kier alpha value is -2.35. The molecule has 24 heavy (non-hydrogen) atoms. The van der Waals surface area contributed by atoms with E-state index in [4.69, 9.17) is 5.11 Å². The monoisotopic (exact) mass is 341 g/mol. The summed E-state index contributed by atoms with van der Waals surface area (Å²) >= 11 is 0. The fraction of sp³-hybridized carbons (Fsp3) is 0.375. The largest absolute Gasteiger partial charge is 0.435 e. The Morgan fingerprint density at radius 1 is 1.29 bits per heavy atom. The van der Waals surface area contributed by atoms with E-state index in [-0.39, 0.29) is 24.4 Å². The van der Waals surface area contributed by atoms with Crippen molar-refractivity contribution in [2.75, 3.05) is 18.1 Å². The number of benzene rings is 1. The summed E-state index contributed by atoms with van der Waals surface area (Å²) in [6.07, 6.45) is -3.63. The molecule has 0 atom stereocenters. The molecule has 0 radical (unpaired) electrons. The zero-order valence-corrected chi connectivity index (χ0v) is 13.1. The van der Waals surface area contributed by atoms with Gasteiger partial charge in [-0.1, -0.05) is 18.2 Å². The average molecular weight is 341 g/mol. The van der Waals surface area contributed by atoms with E-state index in [2.05, 4.69) is 5.10 Å². The Bertz CT molecular complexity index is 684. The quantitative estimate of drug-likeness (QED) is 0.878. The number of aliphatic hydroxyl groups excluding tert-OH is 1. The normalized spacial score (nSPS) is 11.5. The molecule has 1 N–H and O–H groups in total. The highest BCUT2D eigenvalue weighted by atomic mass is 19.4. The summed E-state index contributed by atoms with van der Waals surface area (Å²) in [5.74, 6) is -0.365. The second-order valence-corrected chi connectivity index (χ2v) is 5.15. The molecule has 0 bridgehead atoms. The van der Waals surface area contributed by atoms with Gasteiger partial charge in [0.05, 0.1) is 0 Å². The van der Waals surface area contributed by atoms with Crippen LogP contribution in [-0.2, 0) is 23.9 Å². The van der Waals surface area contributed by atoms with Crippen molar-refractivity contribution in [2.45, 2.75) is 26.1 Å². The topological polar surface area (TPSA) is 58.4 Å². The zero-order valence-electron chi connectivity index (χ0n) is 13.1. The molecule has 0 saturated carbocycles. The Labute approximate surface area is 137 Å². The number of aliphatic hydroxyl groups is 1. The number of rotatable bonds is 6. The van der Waals surface area contributed by atoms with Gasteiger partial charge in [-0.2, -0.15) is 18.3 Å². The molecule has 1 aromatic heterocycles. The Morgan fingerprint density at radius 2 is 1.96 bits per heavy atom. The first-order valence-corrected chi connectivity index (χ1v) is 7.46. The molecule has 1 heterocycles. The molecule has 1 aromatic carbocycles. The predicted molar refractivity (Wildman–Crippen MR) is 82.5 cm³/mol. The number of likely N-dealkylation sites (N-methyl/N-ethyl adjacent to an activating group) is 1.